The van der Waals surface area contributed by atoms with Gasteiger partial charge in [0.2, 0.25) is 0 Å². The van der Waals surface area contributed by atoms with Crippen LogP contribution < -0.4 is 0 Å². The van der Waals surface area contributed by atoms with Crippen molar-refractivity contribution in [3.8, 4) is 0 Å². The minimum atomic E-state index is 0.0750. The zero-order valence-corrected chi connectivity index (χ0v) is 29.4. The fourth-order valence-electron chi connectivity index (χ4n) is 6.53. The molecule has 0 N–H and O–H groups in total. The van der Waals surface area contributed by atoms with Gasteiger partial charge in [0.25, 0.3) is 0 Å². The summed E-state index contributed by atoms with van der Waals surface area (Å²) in [4.78, 5) is 33.8. The highest BCUT2D eigenvalue weighted by Crippen LogP contribution is 2.32. The van der Waals surface area contributed by atoms with Gasteiger partial charge in [-0.1, -0.05) is 36.4 Å². The van der Waals surface area contributed by atoms with Crippen LogP contribution in [0.2, 0.25) is 0 Å². The molecule has 0 saturated heterocycles. The van der Waals surface area contributed by atoms with Gasteiger partial charge in [0.15, 0.2) is 0 Å². The molecule has 0 fully saturated rings. The molecule has 0 spiro atoms. The van der Waals surface area contributed by atoms with Gasteiger partial charge in [-0.05, 0) is 113 Å². The Labute approximate surface area is 296 Å². The summed E-state index contributed by atoms with van der Waals surface area (Å²) in [6, 6.07) is 37.4. The van der Waals surface area contributed by atoms with Gasteiger partial charge in [0, 0.05) is 49.3 Å². The fraction of sp³-hybridized carbons (Fsp3) is 0.286. The summed E-state index contributed by atoms with van der Waals surface area (Å²) in [5.41, 5.74) is 8.27. The van der Waals surface area contributed by atoms with E-state index in [9.17, 15) is 0 Å². The first-order valence-electron chi connectivity index (χ1n) is 17.5. The topological polar surface area (TPSA) is 83.8 Å². The molecule has 0 amide bonds. The van der Waals surface area contributed by atoms with E-state index >= 15 is 0 Å². The summed E-state index contributed by atoms with van der Waals surface area (Å²) in [6.45, 7) is 10.2. The largest absolute Gasteiger partial charge is 0.281 e. The number of nitrogens with zero attached hydrogens (tertiary/aromatic N) is 8. The summed E-state index contributed by atoms with van der Waals surface area (Å²) in [6.07, 6.45) is 9.03. The zero-order chi connectivity index (χ0) is 34.7. The Balaban J connectivity index is 1.17. The van der Waals surface area contributed by atoms with Crippen molar-refractivity contribution in [1.82, 2.24) is 39.7 Å². The predicted octanol–water partition coefficient (Wildman–Crippen LogP) is 8.49. The highest BCUT2D eigenvalue weighted by atomic mass is 15.2. The van der Waals surface area contributed by atoms with Crippen LogP contribution in [0.25, 0.3) is 0 Å². The second-order valence-corrected chi connectivity index (χ2v) is 12.8. The molecule has 0 unspecified atom stereocenters. The number of pyridine rings is 6. The molecule has 0 radical (unpaired) electrons. The minimum Gasteiger partial charge on any atom is -0.281 e. The van der Waals surface area contributed by atoms with Crippen molar-refractivity contribution in [2.75, 3.05) is 0 Å². The quantitative estimate of drug-likeness (QED) is 0.108. The monoisotopic (exact) mass is 662 g/mol. The average molecular weight is 663 g/mol. The summed E-state index contributed by atoms with van der Waals surface area (Å²) in [5.74, 6) is 0. The van der Waals surface area contributed by atoms with Crippen LogP contribution >= 0.6 is 0 Å². The normalized spacial score (nSPS) is 14.0. The lowest BCUT2D eigenvalue weighted by Gasteiger charge is -2.34. The van der Waals surface area contributed by atoms with Gasteiger partial charge in [-0.2, -0.15) is 0 Å². The van der Waals surface area contributed by atoms with Crippen molar-refractivity contribution >= 4 is 0 Å². The van der Waals surface area contributed by atoms with Crippen LogP contribution in [0.3, 0.4) is 0 Å². The Morgan fingerprint density at radius 2 is 0.680 bits per heavy atom. The van der Waals surface area contributed by atoms with Crippen molar-refractivity contribution in [3.63, 3.8) is 0 Å². The maximum absolute atomic E-state index is 5.13. The van der Waals surface area contributed by atoms with E-state index in [1.165, 1.54) is 0 Å². The molecule has 0 aliphatic heterocycles. The van der Waals surface area contributed by atoms with E-state index in [1.54, 1.807) is 0 Å². The van der Waals surface area contributed by atoms with Crippen molar-refractivity contribution in [2.24, 2.45) is 0 Å². The number of aryl methyl sites for hydroxylation is 2. The third-order valence-electron chi connectivity index (χ3n) is 9.51. The number of rotatable bonds is 15. The van der Waals surface area contributed by atoms with Crippen molar-refractivity contribution < 1.29 is 0 Å². The van der Waals surface area contributed by atoms with E-state index in [-0.39, 0.29) is 24.2 Å². The summed E-state index contributed by atoms with van der Waals surface area (Å²) < 4.78 is 0. The van der Waals surface area contributed by atoms with E-state index in [0.29, 0.717) is 13.1 Å². The van der Waals surface area contributed by atoms with Gasteiger partial charge in [-0.25, -0.2) is 0 Å². The highest BCUT2D eigenvalue weighted by Gasteiger charge is 2.26. The number of hydrogen-bond donors (Lipinski definition) is 0. The maximum Gasteiger partial charge on any atom is 0.0572 e. The Kier molecular flexibility index (Phi) is 11.8. The van der Waals surface area contributed by atoms with Crippen LogP contribution in [0.15, 0.2) is 134 Å². The Morgan fingerprint density at radius 3 is 0.960 bits per heavy atom. The molecule has 254 valence electrons. The van der Waals surface area contributed by atoms with Crippen molar-refractivity contribution in [2.45, 2.75) is 77.8 Å². The molecule has 50 heavy (non-hydrogen) atoms. The molecule has 6 heterocycles. The van der Waals surface area contributed by atoms with Gasteiger partial charge in [0.05, 0.1) is 58.3 Å². The molecule has 8 heteroatoms. The fourth-order valence-corrected chi connectivity index (χ4v) is 6.53. The standard InChI is InChI=1S/C42H46N8/c1-31(39-19-5-9-25-43-39)49(32(2)40-20-6-10-26-44-40)29-37-17-13-15-35(47-37)23-24-36-16-14-18-38(48-36)30-50(33(3)41-21-7-11-27-45-41)34(4)42-22-8-12-28-46-42/h5-22,25-28,31-34H,23-24,29-30H2,1-4H3/t31-,32-,33-,34-/m0/s1. The predicted molar refractivity (Wildman–Crippen MR) is 198 cm³/mol. The van der Waals surface area contributed by atoms with E-state index in [1.807, 2.05) is 73.3 Å². The maximum atomic E-state index is 5.13. The minimum absolute atomic E-state index is 0.0750. The Hall–Kier alpha value is -5.18. The first-order valence-corrected chi connectivity index (χ1v) is 17.5. The van der Waals surface area contributed by atoms with Gasteiger partial charge in [-0.15, -0.1) is 0 Å². The molecular formula is C42H46N8. The van der Waals surface area contributed by atoms with Gasteiger partial charge < -0.3 is 0 Å². The molecule has 6 aromatic rings. The first-order chi connectivity index (χ1) is 24.5. The number of aromatic nitrogens is 6. The second-order valence-electron chi connectivity index (χ2n) is 12.8. The van der Waals surface area contributed by atoms with E-state index in [2.05, 4.69) is 118 Å². The lowest BCUT2D eigenvalue weighted by Crippen LogP contribution is -2.31. The van der Waals surface area contributed by atoms with E-state index in [0.717, 1.165) is 58.4 Å². The summed E-state index contributed by atoms with van der Waals surface area (Å²) in [7, 11) is 0. The molecule has 0 aliphatic rings. The van der Waals surface area contributed by atoms with Gasteiger partial charge >= 0.3 is 0 Å². The SMILES string of the molecule is C[C@@H](c1ccccn1)N(Cc1cccc(CCc2cccc(CN([C@@H](C)c3ccccn3)[C@@H](C)c3ccccn3)n2)n1)[C@@H](C)c1ccccn1. The Morgan fingerprint density at radius 1 is 0.380 bits per heavy atom. The zero-order valence-electron chi connectivity index (χ0n) is 29.4. The van der Waals surface area contributed by atoms with Gasteiger partial charge in [-0.3, -0.25) is 39.7 Å². The van der Waals surface area contributed by atoms with Crippen LogP contribution in [-0.4, -0.2) is 39.7 Å². The molecule has 0 bridgehead atoms. The van der Waals surface area contributed by atoms with E-state index < -0.39 is 0 Å². The van der Waals surface area contributed by atoms with Gasteiger partial charge in [0.1, 0.15) is 0 Å². The van der Waals surface area contributed by atoms with Crippen LogP contribution in [-0.2, 0) is 25.9 Å². The molecule has 6 aromatic heterocycles. The molecule has 0 aromatic carbocycles. The van der Waals surface area contributed by atoms with Crippen LogP contribution in [0.1, 0.15) is 97.4 Å². The molecular weight excluding hydrogens is 617 g/mol. The highest BCUT2D eigenvalue weighted by molar-refractivity contribution is 5.19. The Bertz CT molecular complexity index is 1660. The summed E-state index contributed by atoms with van der Waals surface area (Å²) >= 11 is 0. The summed E-state index contributed by atoms with van der Waals surface area (Å²) in [5, 5.41) is 0. The molecule has 0 aliphatic carbocycles. The third-order valence-corrected chi connectivity index (χ3v) is 9.51. The number of hydrogen-bond acceptors (Lipinski definition) is 8. The smallest absolute Gasteiger partial charge is 0.0572 e. The third kappa shape index (κ3) is 8.88. The lowest BCUT2D eigenvalue weighted by molar-refractivity contribution is 0.137. The molecule has 0 saturated carbocycles. The molecule has 8 nitrogen and oxygen atoms in total. The average Bonchev–Trinajstić information content (AvgIpc) is 3.19. The van der Waals surface area contributed by atoms with Crippen LogP contribution in [0.5, 0.6) is 0 Å². The lowest BCUT2D eigenvalue weighted by atomic mass is 10.1. The van der Waals surface area contributed by atoms with Crippen LogP contribution in [0.4, 0.5) is 0 Å². The molecule has 6 rings (SSSR count). The van der Waals surface area contributed by atoms with Crippen molar-refractivity contribution in [3.05, 3.63) is 180 Å². The van der Waals surface area contributed by atoms with Crippen LogP contribution in [0, 0.1) is 0 Å². The van der Waals surface area contributed by atoms with Crippen molar-refractivity contribution in [1.29, 1.82) is 0 Å². The molecule has 4 atom stereocenters. The first kappa shape index (κ1) is 34.7. The van der Waals surface area contributed by atoms with E-state index in [4.69, 9.17) is 9.97 Å². The second kappa shape index (κ2) is 17.0.